The van der Waals surface area contributed by atoms with Crippen molar-refractivity contribution < 1.29 is 24.4 Å². The van der Waals surface area contributed by atoms with E-state index in [2.05, 4.69) is 0 Å². The van der Waals surface area contributed by atoms with E-state index in [-0.39, 0.29) is 0 Å². The zero-order valence-electron chi connectivity index (χ0n) is 22.9. The van der Waals surface area contributed by atoms with Gasteiger partial charge in [-0.2, -0.15) is 0 Å². The molecule has 2 aromatic carbocycles. The van der Waals surface area contributed by atoms with E-state index in [1.54, 1.807) is 0 Å². The summed E-state index contributed by atoms with van der Waals surface area (Å²) in [5.74, 6) is 3.33. The fourth-order valence-electron chi connectivity index (χ4n) is 4.27. The average molecular weight is 515 g/mol. The number of benzene rings is 2. The van der Waals surface area contributed by atoms with Gasteiger partial charge >= 0.3 is 0 Å². The maximum Gasteiger partial charge on any atom is 0.127 e. The van der Waals surface area contributed by atoms with Crippen LogP contribution >= 0.6 is 0 Å². The minimum atomic E-state index is 0.322. The first kappa shape index (κ1) is 31.0. The van der Waals surface area contributed by atoms with Crippen LogP contribution in [0.4, 0.5) is 0 Å². The minimum Gasteiger partial charge on any atom is -0.494 e. The van der Waals surface area contributed by atoms with Crippen molar-refractivity contribution in [2.24, 2.45) is 0 Å². The summed E-state index contributed by atoms with van der Waals surface area (Å²) in [5, 5.41) is 17.6. The monoisotopic (exact) mass is 514 g/mol. The Morgan fingerprint density at radius 2 is 0.622 bits per heavy atom. The molecule has 0 heterocycles. The second-order valence-corrected chi connectivity index (χ2v) is 9.85. The maximum atomic E-state index is 8.79. The molecule has 2 aromatic rings. The number of ether oxygens (including phenoxy) is 3. The van der Waals surface area contributed by atoms with Gasteiger partial charge in [-0.05, 0) is 74.2 Å². The Hall–Kier alpha value is -2.24. The van der Waals surface area contributed by atoms with E-state index in [9.17, 15) is 0 Å². The molecule has 2 rings (SSSR count). The number of aliphatic hydroxyl groups excluding tert-OH is 2. The zero-order chi connectivity index (χ0) is 26.2. The Labute approximate surface area is 225 Å². The lowest BCUT2D eigenvalue weighted by Gasteiger charge is -2.10. The molecule has 0 aliphatic rings. The van der Waals surface area contributed by atoms with E-state index >= 15 is 0 Å². The molecule has 0 saturated carbocycles. The van der Waals surface area contributed by atoms with Crippen molar-refractivity contribution in [1.29, 1.82) is 0 Å². The Kier molecular flexibility index (Phi) is 18.3. The van der Waals surface area contributed by atoms with E-state index in [0.29, 0.717) is 13.2 Å². The number of aliphatic hydroxyl groups is 2. The summed E-state index contributed by atoms with van der Waals surface area (Å²) < 4.78 is 17.7. The van der Waals surface area contributed by atoms with Crippen LogP contribution in [0.2, 0.25) is 0 Å². The average Bonchev–Trinajstić information content (AvgIpc) is 2.92. The maximum absolute atomic E-state index is 8.79. The molecular weight excluding hydrogens is 464 g/mol. The van der Waals surface area contributed by atoms with Crippen LogP contribution in [0.15, 0.2) is 48.5 Å². The van der Waals surface area contributed by atoms with Gasteiger partial charge in [0.05, 0.1) is 13.2 Å². The third-order valence-corrected chi connectivity index (χ3v) is 6.53. The van der Waals surface area contributed by atoms with E-state index in [1.807, 2.05) is 48.5 Å². The van der Waals surface area contributed by atoms with Crippen LogP contribution < -0.4 is 14.2 Å². The summed E-state index contributed by atoms with van der Waals surface area (Å²) in [6.45, 7) is 2.14. The Bertz CT molecular complexity index is 694. The standard InChI is InChI=1S/C32H50O5/c33-25-13-9-5-1-3-7-11-15-27-35-29-17-21-31(22-18-29)37-32-23-19-30(20-24-32)36-28-16-12-8-4-2-6-10-14-26-34/h17-24,33-34H,1-16,25-28H2. The fourth-order valence-corrected chi connectivity index (χ4v) is 4.27. The van der Waals surface area contributed by atoms with Crippen LogP contribution in [0, 0.1) is 0 Å². The van der Waals surface area contributed by atoms with E-state index in [1.165, 1.54) is 64.2 Å². The molecule has 208 valence electrons. The number of hydrogen-bond donors (Lipinski definition) is 2. The molecular formula is C32H50O5. The molecule has 5 nitrogen and oxygen atoms in total. The molecule has 0 radical (unpaired) electrons. The van der Waals surface area contributed by atoms with Crippen molar-refractivity contribution >= 4 is 0 Å². The topological polar surface area (TPSA) is 68.2 Å². The summed E-state index contributed by atoms with van der Waals surface area (Å²) in [4.78, 5) is 0. The van der Waals surface area contributed by atoms with Gasteiger partial charge in [0.25, 0.3) is 0 Å². The first-order valence-electron chi connectivity index (χ1n) is 14.7. The zero-order valence-corrected chi connectivity index (χ0v) is 22.9. The van der Waals surface area contributed by atoms with Gasteiger partial charge in [0, 0.05) is 13.2 Å². The lowest BCUT2D eigenvalue weighted by molar-refractivity contribution is 0.281. The number of hydrogen-bond acceptors (Lipinski definition) is 5. The van der Waals surface area contributed by atoms with Crippen molar-refractivity contribution in [2.45, 2.75) is 103 Å². The quantitative estimate of drug-likeness (QED) is 0.138. The third-order valence-electron chi connectivity index (χ3n) is 6.53. The van der Waals surface area contributed by atoms with Crippen molar-refractivity contribution in [3.63, 3.8) is 0 Å². The molecule has 0 fully saturated rings. The largest absolute Gasteiger partial charge is 0.494 e. The Morgan fingerprint density at radius 3 is 0.946 bits per heavy atom. The Morgan fingerprint density at radius 1 is 0.351 bits per heavy atom. The SMILES string of the molecule is OCCCCCCCCCCOc1ccc(Oc2ccc(OCCCCCCCCCCO)cc2)cc1. The number of unbranched alkanes of at least 4 members (excludes halogenated alkanes) is 14. The van der Waals surface area contributed by atoms with Crippen molar-refractivity contribution in [3.8, 4) is 23.0 Å². The van der Waals surface area contributed by atoms with Gasteiger partial charge in [0.1, 0.15) is 23.0 Å². The molecule has 37 heavy (non-hydrogen) atoms. The van der Waals surface area contributed by atoms with Gasteiger partial charge in [0.2, 0.25) is 0 Å². The van der Waals surface area contributed by atoms with Gasteiger partial charge < -0.3 is 24.4 Å². The molecule has 0 saturated heterocycles. The van der Waals surface area contributed by atoms with Crippen molar-refractivity contribution in [3.05, 3.63) is 48.5 Å². The van der Waals surface area contributed by atoms with Crippen LogP contribution in [0.5, 0.6) is 23.0 Å². The highest BCUT2D eigenvalue weighted by molar-refractivity contribution is 5.37. The summed E-state index contributed by atoms with van der Waals surface area (Å²) in [7, 11) is 0. The molecule has 0 spiro atoms. The molecule has 0 aliphatic carbocycles. The summed E-state index contributed by atoms with van der Waals surface area (Å²) in [6, 6.07) is 15.6. The smallest absolute Gasteiger partial charge is 0.127 e. The van der Waals surface area contributed by atoms with Crippen LogP contribution in [0.3, 0.4) is 0 Å². The third kappa shape index (κ3) is 16.3. The lowest BCUT2D eigenvalue weighted by Crippen LogP contribution is -1.97. The molecule has 2 N–H and O–H groups in total. The molecule has 0 atom stereocenters. The summed E-state index contributed by atoms with van der Waals surface area (Å²) in [6.07, 6.45) is 18.8. The second kappa shape index (κ2) is 21.8. The van der Waals surface area contributed by atoms with Crippen molar-refractivity contribution in [1.82, 2.24) is 0 Å². The van der Waals surface area contributed by atoms with E-state index in [0.717, 1.165) is 74.7 Å². The first-order valence-corrected chi connectivity index (χ1v) is 14.7. The predicted molar refractivity (Wildman–Crippen MR) is 152 cm³/mol. The summed E-state index contributed by atoms with van der Waals surface area (Å²) >= 11 is 0. The minimum absolute atomic E-state index is 0.322. The fraction of sp³-hybridized carbons (Fsp3) is 0.625. The lowest BCUT2D eigenvalue weighted by atomic mass is 10.1. The van der Waals surface area contributed by atoms with E-state index in [4.69, 9.17) is 24.4 Å². The molecule has 0 unspecified atom stereocenters. The van der Waals surface area contributed by atoms with Gasteiger partial charge in [-0.15, -0.1) is 0 Å². The highest BCUT2D eigenvalue weighted by Gasteiger charge is 2.01. The molecule has 0 amide bonds. The van der Waals surface area contributed by atoms with Crippen LogP contribution in [0.25, 0.3) is 0 Å². The summed E-state index contributed by atoms with van der Waals surface area (Å²) in [5.41, 5.74) is 0. The van der Waals surface area contributed by atoms with Gasteiger partial charge in [-0.3, -0.25) is 0 Å². The van der Waals surface area contributed by atoms with Gasteiger partial charge in [-0.1, -0.05) is 77.0 Å². The molecule has 0 bridgehead atoms. The number of rotatable bonds is 24. The Balaban J connectivity index is 1.51. The first-order chi connectivity index (χ1) is 18.3. The van der Waals surface area contributed by atoms with Gasteiger partial charge in [-0.25, -0.2) is 0 Å². The molecule has 0 aromatic heterocycles. The van der Waals surface area contributed by atoms with Gasteiger partial charge in [0.15, 0.2) is 0 Å². The predicted octanol–water partition coefficient (Wildman–Crippen LogP) is 8.46. The molecule has 5 heteroatoms. The molecule has 0 aliphatic heterocycles. The normalized spacial score (nSPS) is 11.0. The van der Waals surface area contributed by atoms with E-state index < -0.39 is 0 Å². The highest BCUT2D eigenvalue weighted by atomic mass is 16.5. The van der Waals surface area contributed by atoms with Crippen LogP contribution in [-0.2, 0) is 0 Å². The van der Waals surface area contributed by atoms with Crippen molar-refractivity contribution in [2.75, 3.05) is 26.4 Å². The van der Waals surface area contributed by atoms with Crippen LogP contribution in [0.1, 0.15) is 103 Å². The van der Waals surface area contributed by atoms with Crippen LogP contribution in [-0.4, -0.2) is 36.6 Å². The highest BCUT2D eigenvalue weighted by Crippen LogP contribution is 2.26. The second-order valence-electron chi connectivity index (χ2n) is 9.85.